The second-order valence-electron chi connectivity index (χ2n) is 5.55. The zero-order valence-electron chi connectivity index (χ0n) is 13.6. The third-order valence-corrected chi connectivity index (χ3v) is 4.61. The highest BCUT2D eigenvalue weighted by atomic mass is 32.1. The molecule has 21 heavy (non-hydrogen) atoms. The van der Waals surface area contributed by atoms with Gasteiger partial charge in [0.1, 0.15) is 0 Å². The molecule has 0 saturated heterocycles. The summed E-state index contributed by atoms with van der Waals surface area (Å²) >= 11 is 1.70. The Balaban J connectivity index is 1.76. The Morgan fingerprint density at radius 1 is 1.52 bits per heavy atom. The average molecular weight is 309 g/mol. The van der Waals surface area contributed by atoms with Crippen molar-refractivity contribution in [1.82, 2.24) is 20.1 Å². The maximum Gasteiger partial charge on any atom is 0.193 e. The summed E-state index contributed by atoms with van der Waals surface area (Å²) in [6.45, 7) is 8.24. The lowest BCUT2D eigenvalue weighted by atomic mass is 10.4. The summed E-state index contributed by atoms with van der Waals surface area (Å²) in [5, 5.41) is 6.68. The fourth-order valence-electron chi connectivity index (χ4n) is 2.53. The van der Waals surface area contributed by atoms with Gasteiger partial charge >= 0.3 is 0 Å². The largest absolute Gasteiger partial charge is 0.355 e. The molecule has 0 unspecified atom stereocenters. The molecule has 118 valence electrons. The van der Waals surface area contributed by atoms with Crippen LogP contribution in [0.2, 0.25) is 0 Å². The van der Waals surface area contributed by atoms with Gasteiger partial charge in [0.2, 0.25) is 0 Å². The lowest BCUT2D eigenvalue weighted by Gasteiger charge is -2.24. The molecule has 1 aliphatic carbocycles. The summed E-state index contributed by atoms with van der Waals surface area (Å²) in [6, 6.07) is 0.828. The van der Waals surface area contributed by atoms with Gasteiger partial charge in [0.25, 0.3) is 0 Å². The first-order valence-electron chi connectivity index (χ1n) is 7.70. The van der Waals surface area contributed by atoms with E-state index in [0.717, 1.165) is 48.9 Å². The van der Waals surface area contributed by atoms with E-state index in [-0.39, 0.29) is 0 Å². The van der Waals surface area contributed by atoms with Gasteiger partial charge < -0.3 is 10.2 Å². The van der Waals surface area contributed by atoms with E-state index in [4.69, 9.17) is 0 Å². The third-order valence-electron chi connectivity index (χ3n) is 3.79. The zero-order chi connectivity index (χ0) is 15.2. The number of nitrogens with one attached hydrogen (secondary N) is 1. The van der Waals surface area contributed by atoms with E-state index in [1.807, 2.05) is 14.0 Å². The van der Waals surface area contributed by atoms with E-state index >= 15 is 0 Å². The van der Waals surface area contributed by atoms with Crippen molar-refractivity contribution >= 4 is 17.3 Å². The standard InChI is InChI=1S/C15H27N5S/c1-5-20(14-6-7-14)9-8-17-15(16-3)19(4)10-13-11-21-12(2)18-13/h11,14H,5-10H2,1-4H3,(H,16,17). The highest BCUT2D eigenvalue weighted by molar-refractivity contribution is 7.09. The molecule has 1 N–H and O–H groups in total. The van der Waals surface area contributed by atoms with Crippen LogP contribution in [0.4, 0.5) is 0 Å². The van der Waals surface area contributed by atoms with Crippen molar-refractivity contribution in [2.45, 2.75) is 39.3 Å². The summed E-state index contributed by atoms with van der Waals surface area (Å²) in [5.74, 6) is 0.938. The Labute approximate surface area is 132 Å². The van der Waals surface area contributed by atoms with Gasteiger partial charge in [-0.2, -0.15) is 0 Å². The minimum Gasteiger partial charge on any atom is -0.355 e. The lowest BCUT2D eigenvalue weighted by Crippen LogP contribution is -2.42. The predicted molar refractivity (Wildman–Crippen MR) is 89.9 cm³/mol. The smallest absolute Gasteiger partial charge is 0.193 e. The molecule has 6 heteroatoms. The van der Waals surface area contributed by atoms with Crippen LogP contribution in [0.25, 0.3) is 0 Å². The molecule has 2 rings (SSSR count). The lowest BCUT2D eigenvalue weighted by molar-refractivity contribution is 0.280. The molecule has 0 radical (unpaired) electrons. The van der Waals surface area contributed by atoms with Crippen LogP contribution in [0, 0.1) is 6.92 Å². The van der Waals surface area contributed by atoms with Gasteiger partial charge in [-0.3, -0.25) is 9.89 Å². The van der Waals surface area contributed by atoms with E-state index in [0.29, 0.717) is 0 Å². The number of guanidine groups is 1. The molecule has 0 aromatic carbocycles. The summed E-state index contributed by atoms with van der Waals surface area (Å²) in [5.41, 5.74) is 1.11. The first kappa shape index (κ1) is 16.2. The molecule has 1 aliphatic rings. The predicted octanol–water partition coefficient (Wildman–Crippen LogP) is 1.94. The van der Waals surface area contributed by atoms with Crippen molar-refractivity contribution in [1.29, 1.82) is 0 Å². The number of likely N-dealkylation sites (N-methyl/N-ethyl adjacent to an activating group) is 1. The Morgan fingerprint density at radius 2 is 2.29 bits per heavy atom. The molecule has 0 amide bonds. The quantitative estimate of drug-likeness (QED) is 0.617. The fraction of sp³-hybridized carbons (Fsp3) is 0.733. The van der Waals surface area contributed by atoms with Crippen molar-refractivity contribution in [3.8, 4) is 0 Å². The maximum absolute atomic E-state index is 4.51. The number of rotatable bonds is 7. The van der Waals surface area contributed by atoms with E-state index in [1.54, 1.807) is 11.3 Å². The molecule has 0 spiro atoms. The van der Waals surface area contributed by atoms with Crippen molar-refractivity contribution in [3.63, 3.8) is 0 Å². The fourth-order valence-corrected chi connectivity index (χ4v) is 3.14. The van der Waals surface area contributed by atoms with Crippen molar-refractivity contribution in [2.24, 2.45) is 4.99 Å². The Morgan fingerprint density at radius 3 is 2.81 bits per heavy atom. The number of aryl methyl sites for hydroxylation is 1. The molecule has 1 saturated carbocycles. The van der Waals surface area contributed by atoms with Crippen LogP contribution in [-0.4, -0.2) is 60.5 Å². The number of aromatic nitrogens is 1. The van der Waals surface area contributed by atoms with Gasteiger partial charge in [-0.1, -0.05) is 6.92 Å². The topological polar surface area (TPSA) is 43.8 Å². The number of hydrogen-bond acceptors (Lipinski definition) is 4. The van der Waals surface area contributed by atoms with Gasteiger partial charge in [-0.25, -0.2) is 4.98 Å². The first-order chi connectivity index (χ1) is 10.1. The molecule has 1 fully saturated rings. The van der Waals surface area contributed by atoms with E-state index < -0.39 is 0 Å². The second kappa shape index (κ2) is 7.75. The molecule has 5 nitrogen and oxygen atoms in total. The highest BCUT2D eigenvalue weighted by Crippen LogP contribution is 2.25. The molecule has 0 bridgehead atoms. The SMILES string of the molecule is CCN(CCNC(=NC)N(C)Cc1csc(C)n1)C1CC1. The Bertz CT molecular complexity index is 466. The van der Waals surface area contributed by atoms with Crippen LogP contribution in [0.3, 0.4) is 0 Å². The Hall–Kier alpha value is -1.14. The molecule has 1 aromatic heterocycles. The minimum atomic E-state index is 0.796. The van der Waals surface area contributed by atoms with E-state index in [9.17, 15) is 0 Å². The summed E-state index contributed by atoms with van der Waals surface area (Å²) in [4.78, 5) is 13.5. The van der Waals surface area contributed by atoms with Gasteiger partial charge in [0.15, 0.2) is 5.96 Å². The van der Waals surface area contributed by atoms with E-state index in [1.165, 1.54) is 12.8 Å². The highest BCUT2D eigenvalue weighted by Gasteiger charge is 2.27. The van der Waals surface area contributed by atoms with Gasteiger partial charge in [-0.15, -0.1) is 11.3 Å². The second-order valence-corrected chi connectivity index (χ2v) is 6.61. The summed E-state index contributed by atoms with van der Waals surface area (Å²) in [7, 11) is 3.89. The van der Waals surface area contributed by atoms with Crippen molar-refractivity contribution in [3.05, 3.63) is 16.1 Å². The van der Waals surface area contributed by atoms with Gasteiger partial charge in [-0.05, 0) is 26.3 Å². The molecule has 1 aromatic rings. The van der Waals surface area contributed by atoms with Crippen LogP contribution in [0.15, 0.2) is 10.4 Å². The van der Waals surface area contributed by atoms with Crippen LogP contribution >= 0.6 is 11.3 Å². The molecular formula is C15H27N5S. The monoisotopic (exact) mass is 309 g/mol. The zero-order valence-corrected chi connectivity index (χ0v) is 14.4. The summed E-state index contributed by atoms with van der Waals surface area (Å²) < 4.78 is 0. The van der Waals surface area contributed by atoms with Crippen LogP contribution in [0.1, 0.15) is 30.5 Å². The van der Waals surface area contributed by atoms with Gasteiger partial charge in [0, 0.05) is 38.6 Å². The van der Waals surface area contributed by atoms with Crippen LogP contribution < -0.4 is 5.32 Å². The van der Waals surface area contributed by atoms with Crippen LogP contribution in [0.5, 0.6) is 0 Å². The average Bonchev–Trinajstić information content (AvgIpc) is 3.22. The number of aliphatic imine (C=N–C) groups is 1. The van der Waals surface area contributed by atoms with E-state index in [2.05, 4.69) is 44.4 Å². The first-order valence-corrected chi connectivity index (χ1v) is 8.58. The maximum atomic E-state index is 4.51. The minimum absolute atomic E-state index is 0.796. The third kappa shape index (κ3) is 4.97. The summed E-state index contributed by atoms with van der Waals surface area (Å²) in [6.07, 6.45) is 2.73. The van der Waals surface area contributed by atoms with Crippen molar-refractivity contribution < 1.29 is 0 Å². The molecule has 0 atom stereocenters. The number of thiazole rings is 1. The number of nitrogens with zero attached hydrogens (tertiary/aromatic N) is 4. The number of hydrogen-bond donors (Lipinski definition) is 1. The van der Waals surface area contributed by atoms with Gasteiger partial charge in [0.05, 0.1) is 17.2 Å². The normalized spacial score (nSPS) is 15.6. The van der Waals surface area contributed by atoms with Crippen LogP contribution in [-0.2, 0) is 6.54 Å². The molecule has 1 heterocycles. The van der Waals surface area contributed by atoms with Crippen molar-refractivity contribution in [2.75, 3.05) is 33.7 Å². The molecule has 0 aliphatic heterocycles. The Kier molecular flexibility index (Phi) is 5.99. The molecular weight excluding hydrogens is 282 g/mol.